The number of anilines is 1. The Morgan fingerprint density at radius 3 is 2.76 bits per heavy atom. The number of hydrogen-bond acceptors (Lipinski definition) is 6. The Labute approximate surface area is 168 Å². The highest BCUT2D eigenvalue weighted by molar-refractivity contribution is 6.04. The number of likely N-dealkylation sites (tertiary alicyclic amines) is 1. The molecule has 0 spiro atoms. The summed E-state index contributed by atoms with van der Waals surface area (Å²) in [7, 11) is 0. The molecule has 2 amide bonds. The van der Waals surface area contributed by atoms with E-state index in [0.29, 0.717) is 55.4 Å². The number of carbonyl (C=O) groups is 2. The lowest BCUT2D eigenvalue weighted by molar-refractivity contribution is -0.132. The Morgan fingerprint density at radius 1 is 1.17 bits per heavy atom. The molecule has 3 heterocycles. The van der Waals surface area contributed by atoms with Crippen LogP contribution in [0.15, 0.2) is 30.5 Å². The average Bonchev–Trinajstić information content (AvgIpc) is 3.40. The molecule has 1 fully saturated rings. The van der Waals surface area contributed by atoms with Crippen LogP contribution in [-0.4, -0.2) is 52.9 Å². The van der Waals surface area contributed by atoms with E-state index in [4.69, 9.17) is 15.2 Å². The van der Waals surface area contributed by atoms with Crippen molar-refractivity contribution in [2.75, 3.05) is 31.7 Å². The minimum absolute atomic E-state index is 0.135. The predicted molar refractivity (Wildman–Crippen MR) is 106 cm³/mol. The molecule has 0 saturated carbocycles. The van der Waals surface area contributed by atoms with Crippen LogP contribution < -0.4 is 20.5 Å². The highest BCUT2D eigenvalue weighted by atomic mass is 16.7. The summed E-state index contributed by atoms with van der Waals surface area (Å²) in [6.45, 7) is 2.06. The standard InChI is InChI=1S/C20H25N5O4/c21-8-1-2-19(26)24-10-6-15(7-11-24)25-18(5-9-22-25)23-20(27)14-3-4-16-17(12-14)29-13-28-16/h3-5,9,12,15H,1-2,6-8,10-11,13,21H2,(H,23,27). The molecule has 4 rings (SSSR count). The normalized spacial score (nSPS) is 16.1. The maximum atomic E-state index is 12.7. The minimum atomic E-state index is -0.237. The number of aromatic nitrogens is 2. The smallest absolute Gasteiger partial charge is 0.256 e. The van der Waals surface area contributed by atoms with Crippen LogP contribution in [-0.2, 0) is 4.79 Å². The molecule has 0 bridgehead atoms. The largest absolute Gasteiger partial charge is 0.454 e. The second-order valence-corrected chi connectivity index (χ2v) is 7.19. The average molecular weight is 399 g/mol. The summed E-state index contributed by atoms with van der Waals surface area (Å²) < 4.78 is 12.5. The van der Waals surface area contributed by atoms with Crippen molar-refractivity contribution in [3.8, 4) is 11.5 Å². The van der Waals surface area contributed by atoms with E-state index in [-0.39, 0.29) is 24.6 Å². The van der Waals surface area contributed by atoms with Gasteiger partial charge in [-0.2, -0.15) is 5.10 Å². The molecule has 0 aliphatic carbocycles. The third-order valence-electron chi connectivity index (χ3n) is 5.30. The SMILES string of the molecule is NCCCC(=O)N1CCC(n2nccc2NC(=O)c2ccc3c(c2)OCO3)CC1. The second-order valence-electron chi connectivity index (χ2n) is 7.19. The van der Waals surface area contributed by atoms with E-state index >= 15 is 0 Å². The van der Waals surface area contributed by atoms with Crippen LogP contribution in [0.5, 0.6) is 11.5 Å². The molecule has 1 aromatic heterocycles. The number of hydrogen-bond donors (Lipinski definition) is 2. The van der Waals surface area contributed by atoms with Gasteiger partial charge in [-0.05, 0) is 44.0 Å². The molecule has 1 saturated heterocycles. The number of piperidine rings is 1. The number of nitrogens with zero attached hydrogens (tertiary/aromatic N) is 3. The van der Waals surface area contributed by atoms with Crippen molar-refractivity contribution in [3.05, 3.63) is 36.0 Å². The van der Waals surface area contributed by atoms with Crippen LogP contribution in [0.25, 0.3) is 0 Å². The van der Waals surface area contributed by atoms with Gasteiger partial charge in [-0.25, -0.2) is 4.68 Å². The topological polar surface area (TPSA) is 112 Å². The van der Waals surface area contributed by atoms with Crippen molar-refractivity contribution < 1.29 is 19.1 Å². The molecule has 9 heteroatoms. The van der Waals surface area contributed by atoms with Gasteiger partial charge in [-0.15, -0.1) is 0 Å². The molecule has 0 unspecified atom stereocenters. The van der Waals surface area contributed by atoms with Gasteiger partial charge in [0.1, 0.15) is 5.82 Å². The number of benzene rings is 1. The van der Waals surface area contributed by atoms with Crippen molar-refractivity contribution in [1.29, 1.82) is 0 Å². The third-order valence-corrected chi connectivity index (χ3v) is 5.30. The maximum Gasteiger partial charge on any atom is 0.256 e. The second kappa shape index (κ2) is 8.52. The van der Waals surface area contributed by atoms with Crippen molar-refractivity contribution >= 4 is 17.6 Å². The number of nitrogens with one attached hydrogen (secondary N) is 1. The molecule has 29 heavy (non-hydrogen) atoms. The van der Waals surface area contributed by atoms with Crippen LogP contribution in [0.3, 0.4) is 0 Å². The van der Waals surface area contributed by atoms with E-state index in [2.05, 4.69) is 10.4 Å². The number of ether oxygens (including phenoxy) is 2. The molecule has 154 valence electrons. The maximum absolute atomic E-state index is 12.7. The summed E-state index contributed by atoms with van der Waals surface area (Å²) in [5.41, 5.74) is 5.98. The lowest BCUT2D eigenvalue weighted by Gasteiger charge is -2.32. The summed E-state index contributed by atoms with van der Waals surface area (Å²) in [6, 6.07) is 7.02. The van der Waals surface area contributed by atoms with Crippen molar-refractivity contribution in [1.82, 2.24) is 14.7 Å². The molecule has 2 aliphatic heterocycles. The van der Waals surface area contributed by atoms with Crippen LogP contribution >= 0.6 is 0 Å². The van der Waals surface area contributed by atoms with Gasteiger partial charge in [0.25, 0.3) is 5.91 Å². The summed E-state index contributed by atoms with van der Waals surface area (Å²) >= 11 is 0. The lowest BCUT2D eigenvalue weighted by Crippen LogP contribution is -2.39. The first-order valence-electron chi connectivity index (χ1n) is 9.88. The summed E-state index contributed by atoms with van der Waals surface area (Å²) in [4.78, 5) is 26.7. The molecular formula is C20H25N5O4. The van der Waals surface area contributed by atoms with Crippen LogP contribution in [0, 0.1) is 0 Å². The Balaban J connectivity index is 1.38. The van der Waals surface area contributed by atoms with Gasteiger partial charge < -0.3 is 25.4 Å². The molecule has 9 nitrogen and oxygen atoms in total. The number of nitrogens with two attached hydrogens (primary N) is 1. The van der Waals surface area contributed by atoms with Crippen molar-refractivity contribution in [2.24, 2.45) is 5.73 Å². The number of amides is 2. The van der Waals surface area contributed by atoms with Crippen molar-refractivity contribution in [2.45, 2.75) is 31.7 Å². The molecule has 0 atom stereocenters. The van der Waals surface area contributed by atoms with Gasteiger partial charge in [0.2, 0.25) is 12.7 Å². The Kier molecular flexibility index (Phi) is 5.66. The Hall–Kier alpha value is -3.07. The van der Waals surface area contributed by atoms with Crippen molar-refractivity contribution in [3.63, 3.8) is 0 Å². The number of rotatable bonds is 6. The zero-order valence-corrected chi connectivity index (χ0v) is 16.2. The minimum Gasteiger partial charge on any atom is -0.454 e. The molecule has 2 aromatic rings. The number of carbonyl (C=O) groups excluding carboxylic acids is 2. The van der Waals surface area contributed by atoms with Gasteiger partial charge in [0, 0.05) is 31.1 Å². The fourth-order valence-electron chi connectivity index (χ4n) is 3.70. The van der Waals surface area contributed by atoms with Crippen LogP contribution in [0.2, 0.25) is 0 Å². The molecule has 1 aromatic carbocycles. The third kappa shape index (κ3) is 4.19. The number of fused-ring (bicyclic) bond motifs is 1. The van der Waals surface area contributed by atoms with E-state index in [0.717, 1.165) is 12.8 Å². The summed E-state index contributed by atoms with van der Waals surface area (Å²) in [5, 5.41) is 7.33. The first-order chi connectivity index (χ1) is 14.2. The van der Waals surface area contributed by atoms with E-state index in [9.17, 15) is 9.59 Å². The Bertz CT molecular complexity index is 889. The first-order valence-corrected chi connectivity index (χ1v) is 9.88. The van der Waals surface area contributed by atoms with Crippen LogP contribution in [0.1, 0.15) is 42.1 Å². The molecular weight excluding hydrogens is 374 g/mol. The predicted octanol–water partition coefficient (Wildman–Crippen LogP) is 1.77. The van der Waals surface area contributed by atoms with E-state index in [1.165, 1.54) is 0 Å². The summed E-state index contributed by atoms with van der Waals surface area (Å²) in [6.07, 6.45) is 4.48. The van der Waals surface area contributed by atoms with E-state index < -0.39 is 0 Å². The zero-order chi connectivity index (χ0) is 20.2. The van der Waals surface area contributed by atoms with Gasteiger partial charge >= 0.3 is 0 Å². The van der Waals surface area contributed by atoms with Gasteiger partial charge in [0.05, 0.1) is 12.2 Å². The Morgan fingerprint density at radius 2 is 1.97 bits per heavy atom. The first kappa shape index (κ1) is 19.3. The molecule has 0 radical (unpaired) electrons. The van der Waals surface area contributed by atoms with E-state index in [1.807, 2.05) is 9.58 Å². The van der Waals surface area contributed by atoms with Crippen LogP contribution in [0.4, 0.5) is 5.82 Å². The summed E-state index contributed by atoms with van der Waals surface area (Å²) in [5.74, 6) is 1.77. The molecule has 3 N–H and O–H groups in total. The lowest BCUT2D eigenvalue weighted by atomic mass is 10.0. The fraction of sp³-hybridized carbons (Fsp3) is 0.450. The van der Waals surface area contributed by atoms with Gasteiger partial charge in [-0.3, -0.25) is 9.59 Å². The highest BCUT2D eigenvalue weighted by Crippen LogP contribution is 2.33. The fourth-order valence-corrected chi connectivity index (χ4v) is 3.70. The van der Waals surface area contributed by atoms with E-state index in [1.54, 1.807) is 30.5 Å². The zero-order valence-electron chi connectivity index (χ0n) is 16.2. The van der Waals surface area contributed by atoms with Gasteiger partial charge in [0.15, 0.2) is 11.5 Å². The highest BCUT2D eigenvalue weighted by Gasteiger charge is 2.26. The monoisotopic (exact) mass is 399 g/mol. The quantitative estimate of drug-likeness (QED) is 0.766. The van der Waals surface area contributed by atoms with Gasteiger partial charge in [-0.1, -0.05) is 0 Å². The molecule has 2 aliphatic rings.